The molecule has 3 heteroatoms. The minimum atomic E-state index is -0.0788. The molecule has 1 atom stereocenters. The van der Waals surface area contributed by atoms with Gasteiger partial charge in [0.1, 0.15) is 0 Å². The Morgan fingerprint density at radius 2 is 1.89 bits per heavy atom. The van der Waals surface area contributed by atoms with Crippen LogP contribution in [0, 0.1) is 0 Å². The van der Waals surface area contributed by atoms with Crippen molar-refractivity contribution in [1.29, 1.82) is 0 Å². The van der Waals surface area contributed by atoms with Gasteiger partial charge in [-0.05, 0) is 40.1 Å². The molecule has 3 aromatic rings. The van der Waals surface area contributed by atoms with Crippen LogP contribution in [0.15, 0.2) is 58.4 Å². The summed E-state index contributed by atoms with van der Waals surface area (Å²) in [5, 5.41) is 3.38. The number of rotatable bonds is 2. The van der Waals surface area contributed by atoms with Gasteiger partial charge in [0, 0.05) is 9.17 Å². The highest BCUT2D eigenvalue weighted by molar-refractivity contribution is 9.10. The fourth-order valence-electron chi connectivity index (χ4n) is 2.14. The lowest BCUT2D eigenvalue weighted by atomic mass is 9.99. The molecule has 0 spiro atoms. The predicted octanol–water partition coefficient (Wildman–Crippen LogP) is 4.71. The van der Waals surface area contributed by atoms with Crippen LogP contribution in [0.2, 0.25) is 0 Å². The lowest BCUT2D eigenvalue weighted by Gasteiger charge is -2.14. The summed E-state index contributed by atoms with van der Waals surface area (Å²) in [6, 6.07) is 16.6. The number of fused-ring (bicyclic) bond motifs is 1. The monoisotopic (exact) mass is 317 g/mol. The summed E-state index contributed by atoms with van der Waals surface area (Å²) in [7, 11) is 0. The van der Waals surface area contributed by atoms with Gasteiger partial charge in [-0.3, -0.25) is 0 Å². The molecule has 3 rings (SSSR count). The second-order valence-electron chi connectivity index (χ2n) is 4.22. The zero-order valence-corrected chi connectivity index (χ0v) is 12.0. The Balaban J connectivity index is 2.12. The van der Waals surface area contributed by atoms with Crippen LogP contribution in [0.1, 0.15) is 17.2 Å². The van der Waals surface area contributed by atoms with Crippen molar-refractivity contribution in [2.75, 3.05) is 0 Å². The first-order chi connectivity index (χ1) is 8.75. The van der Waals surface area contributed by atoms with Gasteiger partial charge >= 0.3 is 0 Å². The number of halogens is 1. The quantitative estimate of drug-likeness (QED) is 0.727. The van der Waals surface area contributed by atoms with Crippen LogP contribution in [0.3, 0.4) is 0 Å². The van der Waals surface area contributed by atoms with E-state index in [0.717, 1.165) is 10.0 Å². The van der Waals surface area contributed by atoms with Crippen LogP contribution >= 0.6 is 27.3 Å². The van der Waals surface area contributed by atoms with E-state index in [4.69, 9.17) is 5.73 Å². The molecular weight excluding hydrogens is 306 g/mol. The topological polar surface area (TPSA) is 26.0 Å². The molecule has 1 heterocycles. The van der Waals surface area contributed by atoms with E-state index in [9.17, 15) is 0 Å². The molecule has 0 radical (unpaired) electrons. The maximum atomic E-state index is 6.40. The van der Waals surface area contributed by atoms with Crippen molar-refractivity contribution >= 4 is 37.4 Å². The molecule has 2 N–H and O–H groups in total. The van der Waals surface area contributed by atoms with Crippen molar-refractivity contribution in [2.24, 2.45) is 5.73 Å². The first-order valence-electron chi connectivity index (χ1n) is 5.73. The third kappa shape index (κ3) is 2.09. The largest absolute Gasteiger partial charge is 0.320 e. The normalized spacial score (nSPS) is 12.8. The molecule has 0 fully saturated rings. The minimum absolute atomic E-state index is 0.0788. The molecule has 1 unspecified atom stereocenters. The van der Waals surface area contributed by atoms with Crippen LogP contribution < -0.4 is 5.73 Å². The molecule has 90 valence electrons. The molecule has 1 aromatic heterocycles. The Kier molecular flexibility index (Phi) is 3.20. The summed E-state index contributed by atoms with van der Waals surface area (Å²) < 4.78 is 2.35. The molecule has 0 bridgehead atoms. The van der Waals surface area contributed by atoms with E-state index in [2.05, 4.69) is 57.7 Å². The lowest BCUT2D eigenvalue weighted by molar-refractivity contribution is 0.881. The maximum Gasteiger partial charge on any atom is 0.0566 e. The Morgan fingerprint density at radius 1 is 1.06 bits per heavy atom. The third-order valence-electron chi connectivity index (χ3n) is 3.05. The van der Waals surface area contributed by atoms with Crippen LogP contribution in [0.5, 0.6) is 0 Å². The van der Waals surface area contributed by atoms with Crippen LogP contribution in [0.25, 0.3) is 10.1 Å². The molecular formula is C15H12BrNS. The molecule has 0 saturated carbocycles. The molecule has 2 aromatic carbocycles. The molecule has 0 aliphatic heterocycles. The van der Waals surface area contributed by atoms with Gasteiger partial charge in [-0.15, -0.1) is 11.3 Å². The lowest BCUT2D eigenvalue weighted by Crippen LogP contribution is -2.11. The van der Waals surface area contributed by atoms with Gasteiger partial charge in [0.05, 0.1) is 6.04 Å². The third-order valence-corrected chi connectivity index (χ3v) is 4.52. The van der Waals surface area contributed by atoms with Crippen molar-refractivity contribution < 1.29 is 0 Å². The second kappa shape index (κ2) is 4.84. The van der Waals surface area contributed by atoms with E-state index in [0.29, 0.717) is 0 Å². The van der Waals surface area contributed by atoms with Gasteiger partial charge in [-0.1, -0.05) is 46.3 Å². The Bertz CT molecular complexity index is 690. The highest BCUT2D eigenvalue weighted by Crippen LogP contribution is 2.31. The van der Waals surface area contributed by atoms with Crippen LogP contribution in [0.4, 0.5) is 0 Å². The molecule has 0 amide bonds. The summed E-state index contributed by atoms with van der Waals surface area (Å²) in [5.41, 5.74) is 8.72. The SMILES string of the molecule is NC(c1cccc(Br)c1)c1cccc2ccsc12. The van der Waals surface area contributed by atoms with Gasteiger partial charge in [0.2, 0.25) is 0 Å². The Morgan fingerprint density at radius 3 is 2.72 bits per heavy atom. The second-order valence-corrected chi connectivity index (χ2v) is 6.05. The van der Waals surface area contributed by atoms with Crippen molar-refractivity contribution in [3.8, 4) is 0 Å². The Labute approximate surface area is 118 Å². The van der Waals surface area contributed by atoms with Gasteiger partial charge < -0.3 is 5.73 Å². The summed E-state index contributed by atoms with van der Waals surface area (Å²) in [6.45, 7) is 0. The van der Waals surface area contributed by atoms with Crippen molar-refractivity contribution in [2.45, 2.75) is 6.04 Å². The number of hydrogen-bond acceptors (Lipinski definition) is 2. The Hall–Kier alpha value is -1.16. The molecule has 1 nitrogen and oxygen atoms in total. The summed E-state index contributed by atoms with van der Waals surface area (Å²) >= 11 is 5.24. The van der Waals surface area contributed by atoms with Crippen LogP contribution in [-0.2, 0) is 0 Å². The highest BCUT2D eigenvalue weighted by atomic mass is 79.9. The fraction of sp³-hybridized carbons (Fsp3) is 0.0667. The number of nitrogens with two attached hydrogens (primary N) is 1. The van der Waals surface area contributed by atoms with Gasteiger partial charge in [-0.2, -0.15) is 0 Å². The number of benzene rings is 2. The van der Waals surface area contributed by atoms with Gasteiger partial charge in [0.25, 0.3) is 0 Å². The van der Waals surface area contributed by atoms with Gasteiger partial charge in [0.15, 0.2) is 0 Å². The van der Waals surface area contributed by atoms with E-state index in [-0.39, 0.29) is 6.04 Å². The average Bonchev–Trinajstić information content (AvgIpc) is 2.86. The van der Waals surface area contributed by atoms with E-state index in [1.165, 1.54) is 15.6 Å². The number of hydrogen-bond donors (Lipinski definition) is 1. The smallest absolute Gasteiger partial charge is 0.0566 e. The first kappa shape index (κ1) is 11.9. The van der Waals surface area contributed by atoms with E-state index < -0.39 is 0 Å². The van der Waals surface area contributed by atoms with Crippen molar-refractivity contribution in [3.63, 3.8) is 0 Å². The molecule has 18 heavy (non-hydrogen) atoms. The summed E-state index contributed by atoms with van der Waals surface area (Å²) in [4.78, 5) is 0. The maximum absolute atomic E-state index is 6.40. The first-order valence-corrected chi connectivity index (χ1v) is 7.40. The average molecular weight is 318 g/mol. The molecule has 0 saturated heterocycles. The standard InChI is InChI=1S/C15H12BrNS/c16-12-5-1-4-11(9-12)14(17)13-6-2-3-10-7-8-18-15(10)13/h1-9,14H,17H2. The van der Waals surface area contributed by atoms with E-state index in [1.54, 1.807) is 11.3 Å². The van der Waals surface area contributed by atoms with Crippen molar-refractivity contribution in [3.05, 3.63) is 69.5 Å². The van der Waals surface area contributed by atoms with Gasteiger partial charge in [-0.25, -0.2) is 0 Å². The zero-order valence-electron chi connectivity index (χ0n) is 9.64. The molecule has 0 aliphatic rings. The zero-order chi connectivity index (χ0) is 12.5. The van der Waals surface area contributed by atoms with Crippen molar-refractivity contribution in [1.82, 2.24) is 0 Å². The minimum Gasteiger partial charge on any atom is -0.320 e. The fourth-order valence-corrected chi connectivity index (χ4v) is 3.51. The van der Waals surface area contributed by atoms with Crippen LogP contribution in [-0.4, -0.2) is 0 Å². The number of thiophene rings is 1. The summed E-state index contributed by atoms with van der Waals surface area (Å²) in [6.07, 6.45) is 0. The predicted molar refractivity (Wildman–Crippen MR) is 82.0 cm³/mol. The van der Waals surface area contributed by atoms with E-state index >= 15 is 0 Å². The molecule has 0 aliphatic carbocycles. The highest BCUT2D eigenvalue weighted by Gasteiger charge is 2.12. The van der Waals surface area contributed by atoms with E-state index in [1.807, 2.05) is 12.1 Å². The summed E-state index contributed by atoms with van der Waals surface area (Å²) in [5.74, 6) is 0.